The Balaban J connectivity index is 2.05. The normalized spacial score (nSPS) is 20.4. The molecule has 82 valence electrons. The SMILES string of the molecule is Brc1ccc2cc(C3CCNC3)ccc2c1. The molecule has 0 aromatic heterocycles. The number of hydrogen-bond acceptors (Lipinski definition) is 1. The maximum absolute atomic E-state index is 3.51. The van der Waals surface area contributed by atoms with Crippen molar-refractivity contribution in [1.82, 2.24) is 5.32 Å². The minimum Gasteiger partial charge on any atom is -0.316 e. The largest absolute Gasteiger partial charge is 0.316 e. The van der Waals surface area contributed by atoms with Crippen LogP contribution in [-0.2, 0) is 0 Å². The van der Waals surface area contributed by atoms with Crippen LogP contribution in [0.15, 0.2) is 40.9 Å². The summed E-state index contributed by atoms with van der Waals surface area (Å²) in [5.74, 6) is 0.702. The molecule has 2 aromatic carbocycles. The standard InChI is InChI=1S/C14H14BrN/c15-14-4-3-10-7-11(1-2-12(10)8-14)13-5-6-16-9-13/h1-4,7-8,13,16H,5-6,9H2. The second kappa shape index (κ2) is 4.19. The number of halogens is 1. The van der Waals surface area contributed by atoms with Gasteiger partial charge in [-0.05, 0) is 47.4 Å². The lowest BCUT2D eigenvalue weighted by molar-refractivity contribution is 0.765. The summed E-state index contributed by atoms with van der Waals surface area (Å²) < 4.78 is 1.15. The van der Waals surface area contributed by atoms with Gasteiger partial charge >= 0.3 is 0 Å². The predicted molar refractivity (Wildman–Crippen MR) is 71.9 cm³/mol. The molecule has 0 spiro atoms. The first kappa shape index (κ1) is 10.3. The molecule has 1 fully saturated rings. The van der Waals surface area contributed by atoms with Gasteiger partial charge in [-0.2, -0.15) is 0 Å². The molecular formula is C14H14BrN. The molecule has 1 saturated heterocycles. The van der Waals surface area contributed by atoms with Gasteiger partial charge in [-0.25, -0.2) is 0 Å². The van der Waals surface area contributed by atoms with Crippen molar-refractivity contribution in [3.63, 3.8) is 0 Å². The van der Waals surface area contributed by atoms with Crippen molar-refractivity contribution in [2.45, 2.75) is 12.3 Å². The number of benzene rings is 2. The summed E-state index contributed by atoms with van der Waals surface area (Å²) in [7, 11) is 0. The van der Waals surface area contributed by atoms with Crippen LogP contribution in [0.1, 0.15) is 17.9 Å². The lowest BCUT2D eigenvalue weighted by atomic mass is 9.96. The van der Waals surface area contributed by atoms with Crippen LogP contribution in [0, 0.1) is 0 Å². The van der Waals surface area contributed by atoms with Gasteiger partial charge in [0.2, 0.25) is 0 Å². The molecule has 2 aromatic rings. The number of rotatable bonds is 1. The molecule has 0 aliphatic carbocycles. The molecule has 1 heterocycles. The number of hydrogen-bond donors (Lipinski definition) is 1. The van der Waals surface area contributed by atoms with Crippen LogP contribution in [0.3, 0.4) is 0 Å². The number of fused-ring (bicyclic) bond motifs is 1. The van der Waals surface area contributed by atoms with Crippen molar-refractivity contribution in [2.24, 2.45) is 0 Å². The maximum atomic E-state index is 3.51. The van der Waals surface area contributed by atoms with E-state index in [1.54, 1.807) is 0 Å². The lowest BCUT2D eigenvalue weighted by Gasteiger charge is -2.10. The van der Waals surface area contributed by atoms with Crippen LogP contribution in [0.4, 0.5) is 0 Å². The third-order valence-corrected chi connectivity index (χ3v) is 3.85. The molecule has 1 atom stereocenters. The maximum Gasteiger partial charge on any atom is 0.0181 e. The molecule has 16 heavy (non-hydrogen) atoms. The second-order valence-electron chi connectivity index (χ2n) is 4.44. The highest BCUT2D eigenvalue weighted by atomic mass is 79.9. The van der Waals surface area contributed by atoms with Crippen molar-refractivity contribution in [1.29, 1.82) is 0 Å². The van der Waals surface area contributed by atoms with E-state index in [-0.39, 0.29) is 0 Å². The molecule has 0 amide bonds. The summed E-state index contributed by atoms with van der Waals surface area (Å²) in [5, 5.41) is 6.07. The van der Waals surface area contributed by atoms with Crippen LogP contribution in [0.2, 0.25) is 0 Å². The second-order valence-corrected chi connectivity index (χ2v) is 5.36. The van der Waals surface area contributed by atoms with Gasteiger partial charge in [0.1, 0.15) is 0 Å². The third kappa shape index (κ3) is 1.87. The Labute approximate surface area is 104 Å². The molecule has 1 nitrogen and oxygen atoms in total. The van der Waals surface area contributed by atoms with E-state index in [0.29, 0.717) is 5.92 Å². The summed E-state index contributed by atoms with van der Waals surface area (Å²) in [6.45, 7) is 2.28. The minimum atomic E-state index is 0.702. The van der Waals surface area contributed by atoms with Gasteiger partial charge in [0.15, 0.2) is 0 Å². The molecule has 1 N–H and O–H groups in total. The van der Waals surface area contributed by atoms with Crippen LogP contribution in [0.5, 0.6) is 0 Å². The molecule has 0 bridgehead atoms. The Morgan fingerprint density at radius 2 is 1.88 bits per heavy atom. The minimum absolute atomic E-state index is 0.702. The Morgan fingerprint density at radius 1 is 1.06 bits per heavy atom. The summed E-state index contributed by atoms with van der Waals surface area (Å²) in [6.07, 6.45) is 1.27. The smallest absolute Gasteiger partial charge is 0.0181 e. The van der Waals surface area contributed by atoms with Crippen molar-refractivity contribution < 1.29 is 0 Å². The van der Waals surface area contributed by atoms with Crippen LogP contribution >= 0.6 is 15.9 Å². The lowest BCUT2D eigenvalue weighted by Crippen LogP contribution is -2.07. The molecule has 0 saturated carbocycles. The van der Waals surface area contributed by atoms with Crippen LogP contribution < -0.4 is 5.32 Å². The highest BCUT2D eigenvalue weighted by molar-refractivity contribution is 9.10. The number of nitrogens with one attached hydrogen (secondary N) is 1. The van der Waals surface area contributed by atoms with Gasteiger partial charge in [-0.3, -0.25) is 0 Å². The molecule has 3 rings (SSSR count). The first-order chi connectivity index (χ1) is 7.83. The quantitative estimate of drug-likeness (QED) is 0.837. The predicted octanol–water partition coefficient (Wildman–Crippen LogP) is 3.68. The van der Waals surface area contributed by atoms with Gasteiger partial charge in [-0.15, -0.1) is 0 Å². The van der Waals surface area contributed by atoms with E-state index in [0.717, 1.165) is 17.6 Å². The van der Waals surface area contributed by atoms with Crippen molar-refractivity contribution >= 4 is 26.7 Å². The highest BCUT2D eigenvalue weighted by Gasteiger charge is 2.16. The zero-order chi connectivity index (χ0) is 11.0. The van der Waals surface area contributed by atoms with Crippen molar-refractivity contribution in [2.75, 3.05) is 13.1 Å². The molecule has 2 heteroatoms. The van der Waals surface area contributed by atoms with Gasteiger partial charge in [0.05, 0.1) is 0 Å². The van der Waals surface area contributed by atoms with Gasteiger partial charge in [-0.1, -0.05) is 40.2 Å². The Hall–Kier alpha value is -0.860. The zero-order valence-electron chi connectivity index (χ0n) is 9.04. The van der Waals surface area contributed by atoms with E-state index in [1.165, 1.54) is 22.8 Å². The van der Waals surface area contributed by atoms with Crippen molar-refractivity contribution in [3.8, 4) is 0 Å². The van der Waals surface area contributed by atoms with Gasteiger partial charge in [0, 0.05) is 11.0 Å². The molecule has 1 aliphatic rings. The molecule has 1 unspecified atom stereocenters. The Bertz CT molecular complexity index is 515. The van der Waals surface area contributed by atoms with E-state index in [4.69, 9.17) is 0 Å². The fraction of sp³-hybridized carbons (Fsp3) is 0.286. The molecule has 1 aliphatic heterocycles. The van der Waals surface area contributed by atoms with Crippen molar-refractivity contribution in [3.05, 3.63) is 46.4 Å². The average molecular weight is 276 g/mol. The summed E-state index contributed by atoms with van der Waals surface area (Å²) in [5.41, 5.74) is 1.47. The van der Waals surface area contributed by atoms with Crippen LogP contribution in [0.25, 0.3) is 10.8 Å². The van der Waals surface area contributed by atoms with E-state index in [1.807, 2.05) is 0 Å². The summed E-state index contributed by atoms with van der Waals surface area (Å²) in [6, 6.07) is 13.3. The van der Waals surface area contributed by atoms with E-state index in [2.05, 4.69) is 57.6 Å². The fourth-order valence-corrected chi connectivity index (χ4v) is 2.81. The van der Waals surface area contributed by atoms with Crippen LogP contribution in [-0.4, -0.2) is 13.1 Å². The summed E-state index contributed by atoms with van der Waals surface area (Å²) in [4.78, 5) is 0. The Morgan fingerprint density at radius 3 is 2.69 bits per heavy atom. The third-order valence-electron chi connectivity index (χ3n) is 3.36. The first-order valence-corrected chi connectivity index (χ1v) is 6.52. The highest BCUT2D eigenvalue weighted by Crippen LogP contribution is 2.27. The average Bonchev–Trinajstić information content (AvgIpc) is 2.82. The van der Waals surface area contributed by atoms with E-state index >= 15 is 0 Å². The Kier molecular flexibility index (Phi) is 2.70. The topological polar surface area (TPSA) is 12.0 Å². The van der Waals surface area contributed by atoms with E-state index < -0.39 is 0 Å². The fourth-order valence-electron chi connectivity index (χ4n) is 2.43. The zero-order valence-corrected chi connectivity index (χ0v) is 10.6. The molecular weight excluding hydrogens is 262 g/mol. The van der Waals surface area contributed by atoms with Gasteiger partial charge < -0.3 is 5.32 Å². The van der Waals surface area contributed by atoms with E-state index in [9.17, 15) is 0 Å². The first-order valence-electron chi connectivity index (χ1n) is 5.73. The molecule has 0 radical (unpaired) electrons. The monoisotopic (exact) mass is 275 g/mol. The van der Waals surface area contributed by atoms with Gasteiger partial charge in [0.25, 0.3) is 0 Å². The summed E-state index contributed by atoms with van der Waals surface area (Å²) >= 11 is 3.51.